The third-order valence-electron chi connectivity index (χ3n) is 6.40. The number of hydrogen-bond acceptors (Lipinski definition) is 4. The van der Waals surface area contributed by atoms with Gasteiger partial charge in [0.1, 0.15) is 11.9 Å². The van der Waals surface area contributed by atoms with Crippen molar-refractivity contribution >= 4 is 35.1 Å². The largest absolute Gasteiger partial charge is 0.315 e. The molecule has 2 fully saturated rings. The zero-order valence-corrected chi connectivity index (χ0v) is 18.1. The molecule has 0 spiro atoms. The molecule has 5 rings (SSSR count). The van der Waals surface area contributed by atoms with Crippen LogP contribution in [0.15, 0.2) is 48.5 Å². The summed E-state index contributed by atoms with van der Waals surface area (Å²) in [5.74, 6) is -0.888. The van der Waals surface area contributed by atoms with Crippen molar-refractivity contribution in [1.29, 1.82) is 0 Å². The Bertz CT molecular complexity index is 990. The molecular weight excluding hydrogens is 413 g/mol. The lowest BCUT2D eigenvalue weighted by molar-refractivity contribution is -0.127. The second kappa shape index (κ2) is 8.63. The first-order valence-electron chi connectivity index (χ1n) is 11.0. The summed E-state index contributed by atoms with van der Waals surface area (Å²) in [6.45, 7) is 1.15. The molecule has 2 aliphatic heterocycles. The van der Waals surface area contributed by atoms with E-state index in [1.54, 1.807) is 28.4 Å². The van der Waals surface area contributed by atoms with E-state index in [1.165, 1.54) is 36.3 Å². The van der Waals surface area contributed by atoms with Gasteiger partial charge in [0, 0.05) is 29.6 Å². The molecule has 162 valence electrons. The van der Waals surface area contributed by atoms with Crippen LogP contribution >= 0.6 is 11.9 Å². The van der Waals surface area contributed by atoms with E-state index in [0.29, 0.717) is 24.0 Å². The van der Waals surface area contributed by atoms with E-state index >= 15 is 0 Å². The highest BCUT2D eigenvalue weighted by atomic mass is 32.2. The smallest absolute Gasteiger partial charge is 0.264 e. The van der Waals surface area contributed by atoms with E-state index in [2.05, 4.69) is 5.32 Å². The van der Waals surface area contributed by atoms with Gasteiger partial charge in [-0.3, -0.25) is 18.8 Å². The Kier molecular flexibility index (Phi) is 5.71. The summed E-state index contributed by atoms with van der Waals surface area (Å²) in [6.07, 6.45) is 5.82. The maximum Gasteiger partial charge on any atom is 0.264 e. The number of halogens is 1. The van der Waals surface area contributed by atoms with Crippen molar-refractivity contribution in [3.63, 3.8) is 0 Å². The maximum atomic E-state index is 14.1. The van der Waals surface area contributed by atoms with Gasteiger partial charge in [0.25, 0.3) is 5.91 Å². The second-order valence-corrected chi connectivity index (χ2v) is 9.75. The highest BCUT2D eigenvalue weighted by molar-refractivity contribution is 8.02. The van der Waals surface area contributed by atoms with Gasteiger partial charge in [0.05, 0.1) is 11.6 Å². The molecular formula is C24H26FN3O2S. The number of para-hydroxylation sites is 1. The van der Waals surface area contributed by atoms with Crippen LogP contribution in [-0.4, -0.2) is 30.2 Å². The number of fused-ring (bicyclic) bond motifs is 1. The Hall–Kier alpha value is -2.38. The second-order valence-electron chi connectivity index (χ2n) is 8.50. The molecule has 7 heteroatoms. The van der Waals surface area contributed by atoms with Crippen LogP contribution in [0.3, 0.4) is 0 Å². The van der Waals surface area contributed by atoms with Crippen LogP contribution in [0.25, 0.3) is 0 Å². The van der Waals surface area contributed by atoms with Gasteiger partial charge in [-0.1, -0.05) is 43.5 Å². The molecule has 1 N–H and O–H groups in total. The minimum Gasteiger partial charge on any atom is -0.315 e. The van der Waals surface area contributed by atoms with E-state index in [1.807, 2.05) is 24.3 Å². The Morgan fingerprint density at radius 3 is 2.55 bits per heavy atom. The van der Waals surface area contributed by atoms with E-state index < -0.39 is 11.9 Å². The van der Waals surface area contributed by atoms with Crippen molar-refractivity contribution in [2.45, 2.75) is 43.4 Å². The molecule has 0 aromatic heterocycles. The number of nitrogens with one attached hydrogen (secondary N) is 1. The van der Waals surface area contributed by atoms with Crippen LogP contribution in [0.1, 0.15) is 43.7 Å². The predicted octanol–water partition coefficient (Wildman–Crippen LogP) is 4.45. The van der Waals surface area contributed by atoms with Crippen LogP contribution < -0.4 is 14.5 Å². The Morgan fingerprint density at radius 1 is 1.06 bits per heavy atom. The molecule has 2 heterocycles. The number of hydrogen-bond donors (Lipinski definition) is 1. The zero-order chi connectivity index (χ0) is 21.4. The van der Waals surface area contributed by atoms with Gasteiger partial charge >= 0.3 is 0 Å². The average molecular weight is 440 g/mol. The number of amides is 2. The summed E-state index contributed by atoms with van der Waals surface area (Å²) < 4.78 is 15.9. The summed E-state index contributed by atoms with van der Waals surface area (Å²) in [6, 6.07) is 12.9. The summed E-state index contributed by atoms with van der Waals surface area (Å²) in [4.78, 5) is 28.8. The fraction of sp³-hybridized carbons (Fsp3) is 0.417. The fourth-order valence-corrected chi connectivity index (χ4v) is 5.96. The topological polar surface area (TPSA) is 52.7 Å². The van der Waals surface area contributed by atoms with E-state index in [4.69, 9.17) is 0 Å². The predicted molar refractivity (Wildman–Crippen MR) is 121 cm³/mol. The molecule has 3 aliphatic rings. The molecule has 31 heavy (non-hydrogen) atoms. The zero-order valence-electron chi connectivity index (χ0n) is 17.3. The quantitative estimate of drug-likeness (QED) is 0.700. The molecule has 1 saturated heterocycles. The van der Waals surface area contributed by atoms with Crippen molar-refractivity contribution in [2.75, 3.05) is 22.3 Å². The molecule has 0 bridgehead atoms. The monoisotopic (exact) mass is 439 g/mol. The van der Waals surface area contributed by atoms with Crippen molar-refractivity contribution in [3.8, 4) is 0 Å². The third-order valence-corrected chi connectivity index (χ3v) is 7.76. The van der Waals surface area contributed by atoms with Gasteiger partial charge in [0.15, 0.2) is 0 Å². The lowest BCUT2D eigenvalue weighted by Crippen LogP contribution is -2.54. The first-order chi connectivity index (χ1) is 15.1. The van der Waals surface area contributed by atoms with Crippen LogP contribution in [0.4, 0.5) is 15.8 Å². The highest BCUT2D eigenvalue weighted by Gasteiger charge is 2.46. The van der Waals surface area contributed by atoms with Crippen molar-refractivity contribution < 1.29 is 14.0 Å². The number of benzene rings is 2. The van der Waals surface area contributed by atoms with Gasteiger partial charge in [0.2, 0.25) is 5.91 Å². The average Bonchev–Trinajstić information content (AvgIpc) is 3.00. The molecule has 1 aliphatic carbocycles. The molecule has 1 saturated carbocycles. The van der Waals surface area contributed by atoms with E-state index in [9.17, 15) is 14.0 Å². The minimum absolute atomic E-state index is 0.123. The lowest BCUT2D eigenvalue weighted by atomic mass is 9.98. The molecule has 5 nitrogen and oxygen atoms in total. The highest BCUT2D eigenvalue weighted by Crippen LogP contribution is 2.47. The normalized spacial score (nSPS) is 21.6. The molecule has 1 atom stereocenters. The SMILES string of the molecule is O=C1C(N(C(=O)C2CNC2)c2cccc(F)c2)c2ccccc2N1SC1CCCCC1. The fourth-order valence-electron chi connectivity index (χ4n) is 4.63. The molecule has 2 amide bonds. The Balaban J connectivity index is 1.53. The summed E-state index contributed by atoms with van der Waals surface area (Å²) in [5.41, 5.74) is 2.07. The van der Waals surface area contributed by atoms with Crippen LogP contribution in [0, 0.1) is 11.7 Å². The standard InChI is InChI=1S/C24H26FN3O2S/c25-17-7-6-8-18(13-17)27(23(29)16-14-26-15-16)22-20-11-4-5-12-21(20)28(24(22)30)31-19-9-2-1-3-10-19/h4-8,11-13,16,19,22,26H,1-3,9-10,14-15H2. The maximum absolute atomic E-state index is 14.1. The van der Waals surface area contributed by atoms with Gasteiger partial charge < -0.3 is 5.32 Å². The molecule has 1 unspecified atom stereocenters. The number of nitrogens with zero attached hydrogens (tertiary/aromatic N) is 2. The first kappa shape index (κ1) is 20.5. The number of carbonyl (C=O) groups is 2. The number of anilines is 2. The van der Waals surface area contributed by atoms with Crippen LogP contribution in [-0.2, 0) is 9.59 Å². The van der Waals surface area contributed by atoms with Crippen LogP contribution in [0.5, 0.6) is 0 Å². The molecule has 2 aromatic carbocycles. The Labute approximate surface area is 186 Å². The van der Waals surface area contributed by atoms with E-state index in [-0.39, 0.29) is 17.7 Å². The van der Waals surface area contributed by atoms with Crippen molar-refractivity contribution in [3.05, 3.63) is 59.9 Å². The molecule has 2 aromatic rings. The number of rotatable bonds is 5. The van der Waals surface area contributed by atoms with Gasteiger partial charge in [-0.15, -0.1) is 0 Å². The van der Waals surface area contributed by atoms with Gasteiger partial charge in [-0.25, -0.2) is 4.39 Å². The summed E-state index contributed by atoms with van der Waals surface area (Å²) in [5, 5.41) is 3.52. The Morgan fingerprint density at radius 2 is 1.84 bits per heavy atom. The third kappa shape index (κ3) is 3.85. The minimum atomic E-state index is -0.776. The molecule has 0 radical (unpaired) electrons. The lowest BCUT2D eigenvalue weighted by Gasteiger charge is -2.35. The summed E-state index contributed by atoms with van der Waals surface area (Å²) in [7, 11) is 0. The van der Waals surface area contributed by atoms with E-state index in [0.717, 1.165) is 24.1 Å². The summed E-state index contributed by atoms with van der Waals surface area (Å²) >= 11 is 1.60. The number of carbonyl (C=O) groups excluding carboxylic acids is 2. The van der Waals surface area contributed by atoms with Crippen molar-refractivity contribution in [2.24, 2.45) is 5.92 Å². The first-order valence-corrected chi connectivity index (χ1v) is 11.9. The van der Waals surface area contributed by atoms with Gasteiger partial charge in [-0.05, 0) is 49.1 Å². The van der Waals surface area contributed by atoms with Gasteiger partial charge in [-0.2, -0.15) is 0 Å². The van der Waals surface area contributed by atoms with Crippen molar-refractivity contribution in [1.82, 2.24) is 5.32 Å². The van der Waals surface area contributed by atoms with Crippen LogP contribution in [0.2, 0.25) is 0 Å².